The molecule has 1 rings (SSSR count). The van der Waals surface area contributed by atoms with Crippen LogP contribution in [0.1, 0.15) is 39.0 Å². The van der Waals surface area contributed by atoms with Crippen molar-refractivity contribution in [1.82, 2.24) is 5.32 Å². The van der Waals surface area contributed by atoms with Gasteiger partial charge in [0.1, 0.15) is 0 Å². The lowest BCUT2D eigenvalue weighted by Gasteiger charge is -2.19. The molecule has 0 heterocycles. The molecule has 0 spiro atoms. The lowest BCUT2D eigenvalue weighted by atomic mass is 9.96. The molecule has 0 aromatic heterocycles. The molecule has 0 saturated heterocycles. The summed E-state index contributed by atoms with van der Waals surface area (Å²) in [5, 5.41) is 3.09. The van der Waals surface area contributed by atoms with Crippen molar-refractivity contribution in [2.45, 2.75) is 51.1 Å². The molecule has 3 N–H and O–H groups in total. The van der Waals surface area contributed by atoms with Crippen LogP contribution in [0.15, 0.2) is 4.99 Å². The van der Waals surface area contributed by atoms with Crippen molar-refractivity contribution in [1.29, 1.82) is 0 Å². The second kappa shape index (κ2) is 6.89. The Hall–Kier alpha value is -0.580. The van der Waals surface area contributed by atoms with Crippen LogP contribution >= 0.6 is 0 Å². The van der Waals surface area contributed by atoms with Gasteiger partial charge >= 0.3 is 0 Å². The van der Waals surface area contributed by atoms with Crippen LogP contribution in [0.25, 0.3) is 0 Å². The number of nitrogens with one attached hydrogen (secondary N) is 1. The second-order valence-electron chi connectivity index (χ2n) is 4.59. The molecule has 1 saturated carbocycles. The Morgan fingerprint density at radius 1 is 1.50 bits per heavy atom. The van der Waals surface area contributed by atoms with E-state index in [1.807, 2.05) is 6.92 Å². The molecule has 16 heavy (non-hydrogen) atoms. The van der Waals surface area contributed by atoms with E-state index in [1.54, 1.807) is 6.26 Å². The third kappa shape index (κ3) is 5.49. The molecule has 0 aromatic carbocycles. The van der Waals surface area contributed by atoms with Crippen molar-refractivity contribution in [3.63, 3.8) is 0 Å². The van der Waals surface area contributed by atoms with Crippen LogP contribution in [0.2, 0.25) is 0 Å². The smallest absolute Gasteiger partial charge is 0.189 e. The van der Waals surface area contributed by atoms with Crippen molar-refractivity contribution in [2.24, 2.45) is 10.7 Å². The molecule has 0 bridgehead atoms. The standard InChI is InChI=1S/C11H23N3OS/c1-9(8-16(2)15)13-11(12)14-10-6-4-3-5-7-10/h9-10H,3-8H2,1-2H3,(H3,12,13,14). The Kier molecular flexibility index (Phi) is 5.80. The number of guanidine groups is 1. The van der Waals surface area contributed by atoms with E-state index in [1.165, 1.54) is 19.3 Å². The van der Waals surface area contributed by atoms with Crippen molar-refractivity contribution in [2.75, 3.05) is 12.0 Å². The lowest BCUT2D eigenvalue weighted by molar-refractivity contribution is 0.441. The van der Waals surface area contributed by atoms with Gasteiger partial charge in [0.15, 0.2) is 5.96 Å². The molecule has 2 unspecified atom stereocenters. The Labute approximate surface area is 101 Å². The van der Waals surface area contributed by atoms with Gasteiger partial charge in [0.2, 0.25) is 0 Å². The molecule has 0 amide bonds. The van der Waals surface area contributed by atoms with Gasteiger partial charge in [0, 0.05) is 28.9 Å². The van der Waals surface area contributed by atoms with Crippen LogP contribution < -0.4 is 11.1 Å². The first kappa shape index (κ1) is 13.5. The normalized spacial score (nSPS) is 22.8. The first-order valence-electron chi connectivity index (χ1n) is 5.97. The van der Waals surface area contributed by atoms with Crippen LogP contribution in [0.3, 0.4) is 0 Å². The minimum absolute atomic E-state index is 0.123. The zero-order valence-electron chi connectivity index (χ0n) is 10.2. The molecule has 4 nitrogen and oxygen atoms in total. The molecular weight excluding hydrogens is 222 g/mol. The summed E-state index contributed by atoms with van der Waals surface area (Å²) in [6.07, 6.45) is 7.84. The molecule has 1 fully saturated rings. The molecule has 1 aliphatic rings. The fourth-order valence-corrected chi connectivity index (χ4v) is 2.88. The zero-order valence-corrected chi connectivity index (χ0v) is 11.1. The number of aliphatic imine (C=N–C) groups is 1. The average Bonchev–Trinajstić information content (AvgIpc) is 2.17. The van der Waals surface area contributed by atoms with E-state index in [9.17, 15) is 4.21 Å². The minimum Gasteiger partial charge on any atom is -0.370 e. The van der Waals surface area contributed by atoms with Crippen LogP contribution in [-0.2, 0) is 10.8 Å². The largest absolute Gasteiger partial charge is 0.370 e. The SMILES string of the molecule is CC(CS(C)=O)NC(N)=NC1CCCCC1. The van der Waals surface area contributed by atoms with Crippen molar-refractivity contribution in [3.05, 3.63) is 0 Å². The fourth-order valence-electron chi connectivity index (χ4n) is 2.09. The average molecular weight is 245 g/mol. The molecule has 0 radical (unpaired) electrons. The summed E-state index contributed by atoms with van der Waals surface area (Å²) >= 11 is 0. The van der Waals surface area contributed by atoms with Gasteiger partial charge in [-0.2, -0.15) is 0 Å². The second-order valence-corrected chi connectivity index (χ2v) is 6.07. The topological polar surface area (TPSA) is 67.5 Å². The highest BCUT2D eigenvalue weighted by atomic mass is 32.2. The number of hydrogen-bond acceptors (Lipinski definition) is 2. The molecule has 2 atom stereocenters. The number of nitrogens with two attached hydrogens (primary N) is 1. The van der Waals surface area contributed by atoms with Gasteiger partial charge < -0.3 is 11.1 Å². The molecular formula is C11H23N3OS. The quantitative estimate of drug-likeness (QED) is 0.573. The maximum Gasteiger partial charge on any atom is 0.189 e. The summed E-state index contributed by atoms with van der Waals surface area (Å²) in [6, 6.07) is 0.513. The van der Waals surface area contributed by atoms with Crippen LogP contribution in [0.4, 0.5) is 0 Å². The highest BCUT2D eigenvalue weighted by Crippen LogP contribution is 2.19. The van der Waals surface area contributed by atoms with E-state index in [0.29, 0.717) is 17.8 Å². The summed E-state index contributed by atoms with van der Waals surface area (Å²) in [5.74, 6) is 1.12. The molecule has 1 aliphatic carbocycles. The minimum atomic E-state index is -0.792. The van der Waals surface area contributed by atoms with Crippen molar-refractivity contribution in [3.8, 4) is 0 Å². The molecule has 0 aliphatic heterocycles. The summed E-state index contributed by atoms with van der Waals surface area (Å²) < 4.78 is 11.0. The van der Waals surface area contributed by atoms with E-state index < -0.39 is 10.8 Å². The van der Waals surface area contributed by atoms with Gasteiger partial charge in [-0.1, -0.05) is 19.3 Å². The monoisotopic (exact) mass is 245 g/mol. The summed E-state index contributed by atoms with van der Waals surface area (Å²) in [4.78, 5) is 4.47. The predicted molar refractivity (Wildman–Crippen MR) is 70.0 cm³/mol. The first-order chi connectivity index (χ1) is 7.58. The third-order valence-corrected chi connectivity index (χ3v) is 3.74. The Balaban J connectivity index is 2.34. The maximum atomic E-state index is 11.0. The summed E-state index contributed by atoms with van der Waals surface area (Å²) in [5.41, 5.74) is 5.82. The molecule has 5 heteroatoms. The van der Waals surface area contributed by atoms with Gasteiger partial charge in [-0.05, 0) is 19.8 Å². The van der Waals surface area contributed by atoms with E-state index in [0.717, 1.165) is 12.8 Å². The zero-order chi connectivity index (χ0) is 12.0. The lowest BCUT2D eigenvalue weighted by Crippen LogP contribution is -2.41. The van der Waals surface area contributed by atoms with Crippen molar-refractivity contribution < 1.29 is 4.21 Å². The summed E-state index contributed by atoms with van der Waals surface area (Å²) in [6.45, 7) is 1.98. The van der Waals surface area contributed by atoms with E-state index in [-0.39, 0.29) is 6.04 Å². The van der Waals surface area contributed by atoms with Crippen molar-refractivity contribution >= 4 is 16.8 Å². The number of rotatable bonds is 4. The Morgan fingerprint density at radius 3 is 2.69 bits per heavy atom. The van der Waals surface area contributed by atoms with Gasteiger partial charge in [-0.25, -0.2) is 0 Å². The van der Waals surface area contributed by atoms with Gasteiger partial charge in [0.25, 0.3) is 0 Å². The van der Waals surface area contributed by atoms with Gasteiger partial charge in [-0.15, -0.1) is 0 Å². The number of nitrogens with zero attached hydrogens (tertiary/aromatic N) is 1. The van der Waals surface area contributed by atoms with Gasteiger partial charge in [0.05, 0.1) is 6.04 Å². The predicted octanol–water partition coefficient (Wildman–Crippen LogP) is 0.990. The van der Waals surface area contributed by atoms with Crippen LogP contribution in [0.5, 0.6) is 0 Å². The molecule has 94 valence electrons. The van der Waals surface area contributed by atoms with E-state index >= 15 is 0 Å². The van der Waals surface area contributed by atoms with E-state index in [2.05, 4.69) is 10.3 Å². The van der Waals surface area contributed by atoms with Crippen LogP contribution in [0, 0.1) is 0 Å². The fraction of sp³-hybridized carbons (Fsp3) is 0.909. The van der Waals surface area contributed by atoms with Gasteiger partial charge in [-0.3, -0.25) is 9.20 Å². The Bertz CT molecular complexity index is 262. The van der Waals surface area contributed by atoms with Crippen LogP contribution in [-0.4, -0.2) is 34.3 Å². The maximum absolute atomic E-state index is 11.0. The number of hydrogen-bond donors (Lipinski definition) is 2. The molecule has 0 aromatic rings. The first-order valence-corrected chi connectivity index (χ1v) is 7.70. The summed E-state index contributed by atoms with van der Waals surface area (Å²) in [7, 11) is -0.792. The third-order valence-electron chi connectivity index (χ3n) is 2.78. The highest BCUT2D eigenvalue weighted by Gasteiger charge is 2.13. The highest BCUT2D eigenvalue weighted by molar-refractivity contribution is 7.84. The van der Waals surface area contributed by atoms with E-state index in [4.69, 9.17) is 5.73 Å². The Morgan fingerprint density at radius 2 is 2.12 bits per heavy atom.